The second-order valence-corrected chi connectivity index (χ2v) is 4.71. The average Bonchev–Trinajstić information content (AvgIpc) is 3.09. The van der Waals surface area contributed by atoms with Gasteiger partial charge in [-0.15, -0.1) is 0 Å². The van der Waals surface area contributed by atoms with Crippen LogP contribution in [0.1, 0.15) is 12.8 Å². The predicted octanol–water partition coefficient (Wildman–Crippen LogP) is 1.48. The minimum Gasteiger partial charge on any atom is -0.366 e. The molecule has 1 atom stereocenters. The van der Waals surface area contributed by atoms with E-state index in [0.29, 0.717) is 12.6 Å². The van der Waals surface area contributed by atoms with Crippen LogP contribution in [0.15, 0.2) is 30.9 Å². The minimum absolute atomic E-state index is 0.398. The lowest BCUT2D eigenvalue weighted by Crippen LogP contribution is -2.35. The molecule has 2 aromatic heterocycles. The van der Waals surface area contributed by atoms with Gasteiger partial charge in [-0.05, 0) is 18.9 Å². The van der Waals surface area contributed by atoms with Crippen LogP contribution in [0.4, 0.5) is 17.3 Å². The highest BCUT2D eigenvalue weighted by Gasteiger charge is 2.24. The smallest absolute Gasteiger partial charge is 0.135 e. The van der Waals surface area contributed by atoms with Crippen molar-refractivity contribution in [3.05, 3.63) is 30.9 Å². The van der Waals surface area contributed by atoms with Crippen LogP contribution in [-0.4, -0.2) is 34.1 Å². The largest absolute Gasteiger partial charge is 0.366 e. The van der Waals surface area contributed by atoms with Crippen molar-refractivity contribution in [3.8, 4) is 0 Å². The molecule has 3 heterocycles. The number of hydrogen-bond acceptors (Lipinski definition) is 5. The molecule has 1 aliphatic rings. The Bertz CT molecular complexity index is 524. The molecule has 3 rings (SSSR count). The van der Waals surface area contributed by atoms with Crippen LogP contribution in [-0.2, 0) is 0 Å². The molecule has 19 heavy (non-hydrogen) atoms. The van der Waals surface area contributed by atoms with Crippen LogP contribution in [0.3, 0.4) is 0 Å². The Morgan fingerprint density at radius 1 is 1.47 bits per heavy atom. The second kappa shape index (κ2) is 5.27. The van der Waals surface area contributed by atoms with Crippen LogP contribution < -0.4 is 16.0 Å². The van der Waals surface area contributed by atoms with E-state index in [1.165, 1.54) is 6.42 Å². The number of nitrogens with zero attached hydrogens (tertiary/aromatic N) is 3. The molecule has 0 aromatic carbocycles. The number of anilines is 3. The van der Waals surface area contributed by atoms with E-state index in [1.54, 1.807) is 6.33 Å². The van der Waals surface area contributed by atoms with E-state index < -0.39 is 0 Å². The molecular weight excluding hydrogens is 240 g/mol. The molecule has 1 unspecified atom stereocenters. The lowest BCUT2D eigenvalue weighted by Gasteiger charge is -2.24. The second-order valence-electron chi connectivity index (χ2n) is 4.71. The van der Waals surface area contributed by atoms with Gasteiger partial charge in [0, 0.05) is 37.6 Å². The maximum atomic E-state index is 5.80. The average molecular weight is 258 g/mol. The van der Waals surface area contributed by atoms with E-state index in [0.717, 1.165) is 30.3 Å². The van der Waals surface area contributed by atoms with Gasteiger partial charge in [0.05, 0.1) is 5.69 Å². The molecule has 2 aromatic rings. The molecule has 4 N–H and O–H groups in total. The number of hydrogen-bond donors (Lipinski definition) is 3. The highest BCUT2D eigenvalue weighted by atomic mass is 15.2. The number of aromatic amines is 1. The highest BCUT2D eigenvalue weighted by molar-refractivity contribution is 5.58. The summed E-state index contributed by atoms with van der Waals surface area (Å²) >= 11 is 0. The van der Waals surface area contributed by atoms with E-state index >= 15 is 0 Å². The number of nitrogens with two attached hydrogens (primary N) is 1. The number of H-pyrrole nitrogens is 1. The molecule has 6 heteroatoms. The van der Waals surface area contributed by atoms with Gasteiger partial charge < -0.3 is 20.9 Å². The van der Waals surface area contributed by atoms with E-state index in [1.807, 2.05) is 24.5 Å². The molecule has 0 amide bonds. The first kappa shape index (κ1) is 12.0. The zero-order valence-electron chi connectivity index (χ0n) is 10.7. The van der Waals surface area contributed by atoms with Gasteiger partial charge in [-0.3, -0.25) is 0 Å². The van der Waals surface area contributed by atoms with Crippen molar-refractivity contribution in [2.24, 2.45) is 5.73 Å². The molecule has 1 saturated heterocycles. The van der Waals surface area contributed by atoms with Crippen LogP contribution in [0.25, 0.3) is 0 Å². The van der Waals surface area contributed by atoms with Gasteiger partial charge in [-0.2, -0.15) is 0 Å². The topological polar surface area (TPSA) is 82.9 Å². The Morgan fingerprint density at radius 2 is 2.42 bits per heavy atom. The summed E-state index contributed by atoms with van der Waals surface area (Å²) in [6, 6.07) is 4.33. The van der Waals surface area contributed by atoms with Crippen molar-refractivity contribution in [1.29, 1.82) is 0 Å². The molecule has 0 bridgehead atoms. The Hall–Kier alpha value is -2.08. The van der Waals surface area contributed by atoms with Crippen molar-refractivity contribution < 1.29 is 0 Å². The lowest BCUT2D eigenvalue weighted by atomic mass is 10.2. The number of nitrogens with one attached hydrogen (secondary N) is 2. The van der Waals surface area contributed by atoms with E-state index in [9.17, 15) is 0 Å². The zero-order chi connectivity index (χ0) is 13.1. The van der Waals surface area contributed by atoms with Crippen LogP contribution in [0.2, 0.25) is 0 Å². The van der Waals surface area contributed by atoms with Gasteiger partial charge in [0.25, 0.3) is 0 Å². The summed E-state index contributed by atoms with van der Waals surface area (Å²) in [5, 5.41) is 3.24. The Labute approximate surface area is 112 Å². The summed E-state index contributed by atoms with van der Waals surface area (Å²) in [4.78, 5) is 13.9. The van der Waals surface area contributed by atoms with Crippen molar-refractivity contribution in [2.45, 2.75) is 18.9 Å². The lowest BCUT2D eigenvalue weighted by molar-refractivity contribution is 0.671. The van der Waals surface area contributed by atoms with Gasteiger partial charge >= 0.3 is 0 Å². The monoisotopic (exact) mass is 258 g/mol. The van der Waals surface area contributed by atoms with Gasteiger partial charge in [-0.1, -0.05) is 0 Å². The fraction of sp³-hybridized carbons (Fsp3) is 0.385. The molecule has 6 nitrogen and oxygen atoms in total. The minimum atomic E-state index is 0.398. The quantitative estimate of drug-likeness (QED) is 0.773. The first-order valence-corrected chi connectivity index (χ1v) is 6.55. The van der Waals surface area contributed by atoms with Crippen molar-refractivity contribution in [1.82, 2.24) is 15.0 Å². The fourth-order valence-corrected chi connectivity index (χ4v) is 2.50. The van der Waals surface area contributed by atoms with Gasteiger partial charge in [0.15, 0.2) is 0 Å². The van der Waals surface area contributed by atoms with Crippen LogP contribution >= 0.6 is 0 Å². The summed E-state index contributed by atoms with van der Waals surface area (Å²) in [5.41, 5.74) is 6.79. The summed E-state index contributed by atoms with van der Waals surface area (Å²) in [7, 11) is 0. The summed E-state index contributed by atoms with van der Waals surface area (Å²) in [6.45, 7) is 1.69. The molecule has 0 aliphatic carbocycles. The third-order valence-corrected chi connectivity index (χ3v) is 3.47. The molecule has 0 radical (unpaired) electrons. The molecule has 1 aliphatic heterocycles. The Kier molecular flexibility index (Phi) is 3.33. The number of rotatable bonds is 4. The number of aromatic nitrogens is 3. The summed E-state index contributed by atoms with van der Waals surface area (Å²) in [5.74, 6) is 1.74. The fourth-order valence-electron chi connectivity index (χ4n) is 2.50. The standard InChI is InChI=1S/C13H18N6/c14-7-11-2-1-5-19(11)13-6-12(16-9-17-13)18-10-3-4-15-8-10/h3-4,6,8-9,11,15H,1-2,5,7,14H2,(H,16,17,18). The Balaban J connectivity index is 1.79. The molecule has 0 spiro atoms. The molecule has 100 valence electrons. The maximum absolute atomic E-state index is 5.80. The van der Waals surface area contributed by atoms with Crippen LogP contribution in [0.5, 0.6) is 0 Å². The SMILES string of the molecule is NCC1CCCN1c1cc(Nc2cc[nH]c2)ncn1. The van der Waals surface area contributed by atoms with Crippen molar-refractivity contribution in [3.63, 3.8) is 0 Å². The van der Waals surface area contributed by atoms with Crippen molar-refractivity contribution >= 4 is 17.3 Å². The maximum Gasteiger partial charge on any atom is 0.135 e. The molecule has 0 saturated carbocycles. The van der Waals surface area contributed by atoms with Gasteiger partial charge in [0.2, 0.25) is 0 Å². The summed E-state index contributed by atoms with van der Waals surface area (Å²) in [6.07, 6.45) is 7.67. The third-order valence-electron chi connectivity index (χ3n) is 3.47. The third kappa shape index (κ3) is 2.53. The first-order chi connectivity index (χ1) is 9.36. The van der Waals surface area contributed by atoms with E-state index in [2.05, 4.69) is 25.2 Å². The Morgan fingerprint density at radius 3 is 3.21 bits per heavy atom. The molecular formula is C13H18N6. The van der Waals surface area contributed by atoms with Gasteiger partial charge in [-0.25, -0.2) is 9.97 Å². The van der Waals surface area contributed by atoms with Crippen molar-refractivity contribution in [2.75, 3.05) is 23.3 Å². The summed E-state index contributed by atoms with van der Waals surface area (Å²) < 4.78 is 0. The van der Waals surface area contributed by atoms with E-state index in [-0.39, 0.29) is 0 Å². The molecule has 1 fully saturated rings. The highest BCUT2D eigenvalue weighted by Crippen LogP contribution is 2.25. The predicted molar refractivity (Wildman–Crippen MR) is 75.5 cm³/mol. The van der Waals surface area contributed by atoms with E-state index in [4.69, 9.17) is 5.73 Å². The normalized spacial score (nSPS) is 18.8. The zero-order valence-corrected chi connectivity index (χ0v) is 10.7. The van der Waals surface area contributed by atoms with Crippen LogP contribution in [0, 0.1) is 0 Å². The van der Waals surface area contributed by atoms with Gasteiger partial charge in [0.1, 0.15) is 18.0 Å². The first-order valence-electron chi connectivity index (χ1n) is 6.55.